The van der Waals surface area contributed by atoms with Gasteiger partial charge >= 0.3 is 0 Å². The van der Waals surface area contributed by atoms with E-state index in [9.17, 15) is 13.6 Å². The van der Waals surface area contributed by atoms with E-state index in [2.05, 4.69) is 22.2 Å². The van der Waals surface area contributed by atoms with Crippen LogP contribution in [0.5, 0.6) is 0 Å². The van der Waals surface area contributed by atoms with Crippen LogP contribution in [0.3, 0.4) is 0 Å². The highest BCUT2D eigenvalue weighted by Gasteiger charge is 2.23. The summed E-state index contributed by atoms with van der Waals surface area (Å²) < 4.78 is 26.3. The molecule has 0 atom stereocenters. The number of piperazine rings is 1. The van der Waals surface area contributed by atoms with Gasteiger partial charge in [-0.2, -0.15) is 0 Å². The van der Waals surface area contributed by atoms with Crippen LogP contribution in [0.4, 0.5) is 8.78 Å². The summed E-state index contributed by atoms with van der Waals surface area (Å²) in [5.74, 6) is -2.18. The molecule has 0 bridgehead atoms. The highest BCUT2D eigenvalue weighted by Crippen LogP contribution is 2.16. The van der Waals surface area contributed by atoms with Crippen molar-refractivity contribution < 1.29 is 13.6 Å². The molecule has 0 N–H and O–H groups in total. The fraction of sp³-hybridized carbons (Fsp3) is 0.412. The minimum absolute atomic E-state index is 0.189. The summed E-state index contributed by atoms with van der Waals surface area (Å²) in [6.45, 7) is 5.50. The molecule has 0 aliphatic carbocycles. The van der Waals surface area contributed by atoms with Gasteiger partial charge in [0.2, 0.25) is 0 Å². The minimum atomic E-state index is -0.991. The molecule has 4 nitrogen and oxygen atoms in total. The summed E-state index contributed by atoms with van der Waals surface area (Å²) in [4.78, 5) is 20.9. The molecule has 1 amide bonds. The van der Waals surface area contributed by atoms with E-state index in [1.807, 2.05) is 0 Å². The average Bonchev–Trinajstić information content (AvgIpc) is 3.05. The number of rotatable bonds is 4. The number of nitrogens with zero attached hydrogens (tertiary/aromatic N) is 3. The second-order valence-corrected chi connectivity index (χ2v) is 6.73. The van der Waals surface area contributed by atoms with Gasteiger partial charge in [0, 0.05) is 43.7 Å². The molecule has 1 fully saturated rings. The van der Waals surface area contributed by atoms with Gasteiger partial charge in [0.25, 0.3) is 5.91 Å². The van der Waals surface area contributed by atoms with Crippen LogP contribution in [-0.2, 0) is 13.0 Å². The summed E-state index contributed by atoms with van der Waals surface area (Å²) in [7, 11) is 0. The molecule has 2 heterocycles. The molecular weight excluding hydrogens is 332 g/mol. The van der Waals surface area contributed by atoms with E-state index in [0.29, 0.717) is 13.1 Å². The summed E-state index contributed by atoms with van der Waals surface area (Å²) in [6.07, 6.45) is 0.946. The molecule has 1 saturated heterocycles. The highest BCUT2D eigenvalue weighted by molar-refractivity contribution is 7.09. The van der Waals surface area contributed by atoms with Gasteiger partial charge in [0.05, 0.1) is 10.7 Å². The zero-order valence-electron chi connectivity index (χ0n) is 13.5. The van der Waals surface area contributed by atoms with Crippen LogP contribution in [0.25, 0.3) is 0 Å². The third kappa shape index (κ3) is 3.79. The van der Waals surface area contributed by atoms with Crippen molar-refractivity contribution in [2.45, 2.75) is 19.9 Å². The van der Waals surface area contributed by atoms with Crippen LogP contribution < -0.4 is 0 Å². The minimum Gasteiger partial charge on any atom is -0.336 e. The number of hydrogen-bond donors (Lipinski definition) is 0. The van der Waals surface area contributed by atoms with E-state index in [0.717, 1.165) is 48.9 Å². The lowest BCUT2D eigenvalue weighted by Gasteiger charge is -2.34. The smallest absolute Gasteiger partial charge is 0.254 e. The summed E-state index contributed by atoms with van der Waals surface area (Å²) in [5, 5.41) is 3.22. The second-order valence-electron chi connectivity index (χ2n) is 5.78. The van der Waals surface area contributed by atoms with Gasteiger partial charge in [0.1, 0.15) is 0 Å². The molecule has 0 spiro atoms. The Balaban J connectivity index is 1.56. The van der Waals surface area contributed by atoms with Crippen molar-refractivity contribution in [3.8, 4) is 0 Å². The van der Waals surface area contributed by atoms with Crippen molar-refractivity contribution >= 4 is 17.2 Å². The molecule has 3 rings (SSSR count). The molecule has 1 aliphatic heterocycles. The zero-order chi connectivity index (χ0) is 17.1. The fourth-order valence-corrected chi connectivity index (χ4v) is 3.47. The molecule has 1 aromatic heterocycles. The van der Waals surface area contributed by atoms with Gasteiger partial charge in [-0.1, -0.05) is 6.92 Å². The van der Waals surface area contributed by atoms with Crippen molar-refractivity contribution in [2.24, 2.45) is 0 Å². The lowest BCUT2D eigenvalue weighted by molar-refractivity contribution is 0.0626. The van der Waals surface area contributed by atoms with Crippen molar-refractivity contribution in [2.75, 3.05) is 26.2 Å². The maximum Gasteiger partial charge on any atom is 0.254 e. The Kier molecular flexibility index (Phi) is 5.20. The summed E-state index contributed by atoms with van der Waals surface area (Å²) in [6, 6.07) is 3.28. The Labute approximate surface area is 143 Å². The molecule has 0 radical (unpaired) electrons. The van der Waals surface area contributed by atoms with Crippen molar-refractivity contribution in [3.63, 3.8) is 0 Å². The molecule has 24 heavy (non-hydrogen) atoms. The first-order chi connectivity index (χ1) is 11.6. The zero-order valence-corrected chi connectivity index (χ0v) is 14.3. The van der Waals surface area contributed by atoms with Crippen LogP contribution in [0.15, 0.2) is 23.6 Å². The van der Waals surface area contributed by atoms with Gasteiger partial charge in [-0.05, 0) is 24.6 Å². The summed E-state index contributed by atoms with van der Waals surface area (Å²) in [5.41, 5.74) is 1.26. The van der Waals surface area contributed by atoms with E-state index < -0.39 is 11.6 Å². The van der Waals surface area contributed by atoms with E-state index in [4.69, 9.17) is 0 Å². The van der Waals surface area contributed by atoms with Gasteiger partial charge in [-0.15, -0.1) is 11.3 Å². The maximum atomic E-state index is 13.3. The Morgan fingerprint density at radius 3 is 2.58 bits per heavy atom. The first kappa shape index (κ1) is 17.0. The molecule has 2 aromatic rings. The van der Waals surface area contributed by atoms with E-state index in [1.165, 1.54) is 6.07 Å². The third-order valence-electron chi connectivity index (χ3n) is 4.11. The Bertz CT molecular complexity index is 726. The molecule has 7 heteroatoms. The van der Waals surface area contributed by atoms with Gasteiger partial charge < -0.3 is 4.90 Å². The van der Waals surface area contributed by atoms with Gasteiger partial charge in [-0.3, -0.25) is 9.69 Å². The lowest BCUT2D eigenvalue weighted by atomic mass is 10.1. The Hall–Kier alpha value is -1.86. The number of benzene rings is 1. The monoisotopic (exact) mass is 351 g/mol. The molecule has 1 aromatic carbocycles. The molecule has 128 valence electrons. The predicted molar refractivity (Wildman–Crippen MR) is 89.0 cm³/mol. The molecular formula is C17H19F2N3OS. The van der Waals surface area contributed by atoms with Crippen molar-refractivity contribution in [1.82, 2.24) is 14.8 Å². The number of thiazole rings is 1. The second kappa shape index (κ2) is 7.36. The maximum absolute atomic E-state index is 13.3. The number of carbonyl (C=O) groups excluding carboxylic acids is 1. The highest BCUT2D eigenvalue weighted by atomic mass is 32.1. The number of amides is 1. The number of hydrogen-bond acceptors (Lipinski definition) is 4. The Morgan fingerprint density at radius 2 is 1.96 bits per heavy atom. The predicted octanol–water partition coefficient (Wildman–Crippen LogP) is 2.94. The molecule has 0 unspecified atom stereocenters. The first-order valence-corrected chi connectivity index (χ1v) is 8.84. The number of aromatic nitrogens is 1. The number of halogens is 2. The average molecular weight is 351 g/mol. The fourth-order valence-electron chi connectivity index (χ4n) is 2.73. The van der Waals surface area contributed by atoms with E-state index in [1.54, 1.807) is 16.2 Å². The topological polar surface area (TPSA) is 36.4 Å². The van der Waals surface area contributed by atoms with Gasteiger partial charge in [-0.25, -0.2) is 13.8 Å². The molecule has 0 saturated carbocycles. The number of aryl methyl sites for hydroxylation is 1. The standard InChI is InChI=1S/C17H19F2N3OS/c1-2-16-20-13(11-24-16)10-21-5-7-22(8-6-21)17(23)12-3-4-14(18)15(19)9-12/h3-4,9,11H,2,5-8,10H2,1H3. The molecule has 1 aliphatic rings. The van der Waals surface area contributed by atoms with Crippen LogP contribution in [0.1, 0.15) is 28.0 Å². The van der Waals surface area contributed by atoms with Gasteiger partial charge in [0.15, 0.2) is 11.6 Å². The SMILES string of the molecule is CCc1nc(CN2CCN(C(=O)c3ccc(F)c(F)c3)CC2)cs1. The quantitative estimate of drug-likeness (QED) is 0.850. The lowest BCUT2D eigenvalue weighted by Crippen LogP contribution is -2.48. The first-order valence-electron chi connectivity index (χ1n) is 7.96. The van der Waals surface area contributed by atoms with Crippen molar-refractivity contribution in [1.29, 1.82) is 0 Å². The normalized spacial score (nSPS) is 15.7. The third-order valence-corrected chi connectivity index (χ3v) is 5.16. The van der Waals surface area contributed by atoms with Crippen LogP contribution in [0, 0.1) is 11.6 Å². The van der Waals surface area contributed by atoms with Crippen LogP contribution >= 0.6 is 11.3 Å². The summed E-state index contributed by atoms with van der Waals surface area (Å²) >= 11 is 1.67. The number of carbonyl (C=O) groups is 1. The Morgan fingerprint density at radius 1 is 1.21 bits per heavy atom. The van der Waals surface area contributed by atoms with E-state index in [-0.39, 0.29) is 11.5 Å². The van der Waals surface area contributed by atoms with Crippen molar-refractivity contribution in [3.05, 3.63) is 51.5 Å². The van der Waals surface area contributed by atoms with E-state index >= 15 is 0 Å². The largest absolute Gasteiger partial charge is 0.336 e. The van der Waals surface area contributed by atoms with Crippen LogP contribution in [0.2, 0.25) is 0 Å². The van der Waals surface area contributed by atoms with Crippen LogP contribution in [-0.4, -0.2) is 46.9 Å².